The van der Waals surface area contributed by atoms with Crippen LogP contribution in [0.25, 0.3) is 0 Å². The van der Waals surface area contributed by atoms with Crippen LogP contribution in [-0.4, -0.2) is 17.0 Å². The van der Waals surface area contributed by atoms with Crippen molar-refractivity contribution in [2.45, 2.75) is 0 Å². The van der Waals surface area contributed by atoms with Crippen molar-refractivity contribution in [2.75, 3.05) is 5.32 Å². The Morgan fingerprint density at radius 1 is 1.14 bits per heavy atom. The number of carbonyl (C=O) groups is 2. The van der Waals surface area contributed by atoms with Crippen molar-refractivity contribution in [2.24, 2.45) is 0 Å². The van der Waals surface area contributed by atoms with Crippen LogP contribution in [0.15, 0.2) is 36.4 Å². The van der Waals surface area contributed by atoms with Crippen molar-refractivity contribution >= 4 is 40.8 Å². The highest BCUT2D eigenvalue weighted by molar-refractivity contribution is 6.38. The first-order chi connectivity index (χ1) is 9.88. The zero-order valence-electron chi connectivity index (χ0n) is 10.4. The fourth-order valence-electron chi connectivity index (χ4n) is 1.68. The van der Waals surface area contributed by atoms with Crippen LogP contribution in [0.4, 0.5) is 10.1 Å². The number of halogens is 3. The van der Waals surface area contributed by atoms with Gasteiger partial charge in [0.15, 0.2) is 0 Å². The molecule has 0 fully saturated rings. The highest BCUT2D eigenvalue weighted by atomic mass is 35.5. The number of rotatable bonds is 3. The SMILES string of the molecule is O=C(Nc1c(Cl)cc(Cl)cc1C(=O)O)c1cccc(F)c1. The lowest BCUT2D eigenvalue weighted by Gasteiger charge is -2.11. The van der Waals surface area contributed by atoms with Gasteiger partial charge in [0, 0.05) is 10.6 Å². The van der Waals surface area contributed by atoms with Crippen molar-refractivity contribution in [1.82, 2.24) is 0 Å². The molecular weight excluding hydrogens is 320 g/mol. The maximum absolute atomic E-state index is 13.1. The molecule has 7 heteroatoms. The van der Waals surface area contributed by atoms with Gasteiger partial charge in [-0.1, -0.05) is 29.3 Å². The van der Waals surface area contributed by atoms with Crippen LogP contribution in [0.1, 0.15) is 20.7 Å². The smallest absolute Gasteiger partial charge is 0.337 e. The minimum absolute atomic E-state index is 0.0235. The van der Waals surface area contributed by atoms with E-state index in [9.17, 15) is 14.0 Å². The van der Waals surface area contributed by atoms with Crippen molar-refractivity contribution < 1.29 is 19.1 Å². The molecule has 2 aromatic rings. The second kappa shape index (κ2) is 6.11. The predicted octanol–water partition coefficient (Wildman–Crippen LogP) is 4.08. The number of aromatic carboxylic acids is 1. The molecule has 0 aliphatic heterocycles. The summed E-state index contributed by atoms with van der Waals surface area (Å²) >= 11 is 11.6. The van der Waals surface area contributed by atoms with Gasteiger partial charge >= 0.3 is 5.97 Å². The third-order valence-electron chi connectivity index (χ3n) is 2.61. The van der Waals surface area contributed by atoms with Gasteiger partial charge in [0.1, 0.15) is 5.82 Å². The zero-order valence-corrected chi connectivity index (χ0v) is 11.9. The Morgan fingerprint density at radius 3 is 2.48 bits per heavy atom. The molecule has 21 heavy (non-hydrogen) atoms. The molecule has 0 spiro atoms. The van der Waals surface area contributed by atoms with Crippen LogP contribution in [0.2, 0.25) is 10.0 Å². The van der Waals surface area contributed by atoms with E-state index < -0.39 is 17.7 Å². The van der Waals surface area contributed by atoms with E-state index in [4.69, 9.17) is 28.3 Å². The lowest BCUT2D eigenvalue weighted by atomic mass is 10.1. The van der Waals surface area contributed by atoms with Crippen molar-refractivity contribution in [3.8, 4) is 0 Å². The van der Waals surface area contributed by atoms with Gasteiger partial charge in [0.25, 0.3) is 5.91 Å². The second-order valence-electron chi connectivity index (χ2n) is 4.08. The normalized spacial score (nSPS) is 10.2. The molecule has 2 N–H and O–H groups in total. The van der Waals surface area contributed by atoms with Crippen LogP contribution in [0, 0.1) is 5.82 Å². The maximum Gasteiger partial charge on any atom is 0.337 e. The van der Waals surface area contributed by atoms with Crippen LogP contribution < -0.4 is 5.32 Å². The molecule has 2 aromatic carbocycles. The minimum atomic E-state index is -1.30. The molecule has 108 valence electrons. The van der Waals surface area contributed by atoms with Crippen molar-refractivity contribution in [3.63, 3.8) is 0 Å². The summed E-state index contributed by atoms with van der Waals surface area (Å²) in [6.07, 6.45) is 0. The van der Waals surface area contributed by atoms with E-state index in [1.807, 2.05) is 0 Å². The first kappa shape index (κ1) is 15.3. The van der Waals surface area contributed by atoms with Gasteiger partial charge in [-0.25, -0.2) is 9.18 Å². The minimum Gasteiger partial charge on any atom is -0.478 e. The van der Waals surface area contributed by atoms with Crippen molar-refractivity contribution in [3.05, 3.63) is 63.4 Å². The fourth-order valence-corrected chi connectivity index (χ4v) is 2.23. The number of anilines is 1. The van der Waals surface area contributed by atoms with E-state index in [1.54, 1.807) is 0 Å². The molecule has 0 unspecified atom stereocenters. The van der Waals surface area contributed by atoms with Gasteiger partial charge in [0.2, 0.25) is 0 Å². The molecular formula is C14H8Cl2FNO3. The molecule has 1 amide bonds. The highest BCUT2D eigenvalue weighted by Crippen LogP contribution is 2.30. The zero-order chi connectivity index (χ0) is 15.6. The summed E-state index contributed by atoms with van der Waals surface area (Å²) in [6.45, 7) is 0. The number of carbonyl (C=O) groups excluding carboxylic acids is 1. The molecule has 0 aromatic heterocycles. The molecule has 0 aliphatic rings. The van der Waals surface area contributed by atoms with E-state index >= 15 is 0 Å². The standard InChI is InChI=1S/C14H8Cl2FNO3/c15-8-5-10(14(20)21)12(11(16)6-8)18-13(19)7-2-1-3-9(17)4-7/h1-6H,(H,18,19)(H,20,21). The second-order valence-corrected chi connectivity index (χ2v) is 4.92. The molecule has 0 bridgehead atoms. The first-order valence-corrected chi connectivity index (χ1v) is 6.43. The first-order valence-electron chi connectivity index (χ1n) is 5.67. The highest BCUT2D eigenvalue weighted by Gasteiger charge is 2.18. The van der Waals surface area contributed by atoms with Gasteiger partial charge in [-0.15, -0.1) is 0 Å². The van der Waals surface area contributed by atoms with Crippen LogP contribution in [0.3, 0.4) is 0 Å². The monoisotopic (exact) mass is 327 g/mol. The number of benzene rings is 2. The van der Waals surface area contributed by atoms with Gasteiger partial charge in [0.05, 0.1) is 16.3 Å². The van der Waals surface area contributed by atoms with Gasteiger partial charge < -0.3 is 10.4 Å². The summed E-state index contributed by atoms with van der Waals surface area (Å²) in [5.41, 5.74) is -0.308. The summed E-state index contributed by atoms with van der Waals surface area (Å²) < 4.78 is 13.1. The topological polar surface area (TPSA) is 66.4 Å². The van der Waals surface area contributed by atoms with Gasteiger partial charge in [-0.3, -0.25) is 4.79 Å². The molecule has 0 heterocycles. The predicted molar refractivity (Wildman–Crippen MR) is 77.8 cm³/mol. The van der Waals surface area contributed by atoms with Crippen molar-refractivity contribution in [1.29, 1.82) is 0 Å². The number of nitrogens with one attached hydrogen (secondary N) is 1. The Hall–Kier alpha value is -2.11. The van der Waals surface area contributed by atoms with Crippen LogP contribution in [-0.2, 0) is 0 Å². The Kier molecular flexibility index (Phi) is 4.45. The van der Waals surface area contributed by atoms with E-state index in [2.05, 4.69) is 5.32 Å². The van der Waals surface area contributed by atoms with Crippen LogP contribution in [0.5, 0.6) is 0 Å². The largest absolute Gasteiger partial charge is 0.478 e. The molecule has 0 radical (unpaired) electrons. The number of carboxylic acids is 1. The Bertz CT molecular complexity index is 734. The molecule has 4 nitrogen and oxygen atoms in total. The number of hydrogen-bond acceptors (Lipinski definition) is 2. The molecule has 0 saturated carbocycles. The Labute approximate surface area is 129 Å². The lowest BCUT2D eigenvalue weighted by Crippen LogP contribution is -2.15. The fraction of sp³-hybridized carbons (Fsp3) is 0. The summed E-state index contributed by atoms with van der Waals surface area (Å²) in [5, 5.41) is 11.6. The molecule has 0 aliphatic carbocycles. The van der Waals surface area contributed by atoms with Gasteiger partial charge in [-0.05, 0) is 30.3 Å². The summed E-state index contributed by atoms with van der Waals surface area (Å²) in [4.78, 5) is 23.2. The average Bonchev–Trinajstić information content (AvgIpc) is 2.41. The summed E-state index contributed by atoms with van der Waals surface area (Å²) in [6, 6.07) is 7.44. The number of amides is 1. The Balaban J connectivity index is 2.39. The maximum atomic E-state index is 13.1. The Morgan fingerprint density at radius 2 is 1.86 bits per heavy atom. The van der Waals surface area contributed by atoms with Crippen LogP contribution >= 0.6 is 23.2 Å². The van der Waals surface area contributed by atoms with Gasteiger partial charge in [-0.2, -0.15) is 0 Å². The lowest BCUT2D eigenvalue weighted by molar-refractivity contribution is 0.0698. The summed E-state index contributed by atoms with van der Waals surface area (Å²) in [5.74, 6) is -2.56. The van der Waals surface area contributed by atoms with E-state index in [-0.39, 0.29) is 26.9 Å². The van der Waals surface area contributed by atoms with E-state index in [0.29, 0.717) is 0 Å². The quantitative estimate of drug-likeness (QED) is 0.892. The molecule has 2 rings (SSSR count). The summed E-state index contributed by atoms with van der Waals surface area (Å²) in [7, 11) is 0. The molecule has 0 atom stereocenters. The van der Waals surface area contributed by atoms with E-state index in [0.717, 1.165) is 12.1 Å². The number of hydrogen-bond donors (Lipinski definition) is 2. The average molecular weight is 328 g/mol. The molecule has 0 saturated heterocycles. The number of carboxylic acid groups (broad SMARTS) is 1. The van der Waals surface area contributed by atoms with E-state index in [1.165, 1.54) is 24.3 Å². The third-order valence-corrected chi connectivity index (χ3v) is 3.13. The third kappa shape index (κ3) is 3.51.